The Hall–Kier alpha value is -0.0800. The molecule has 6 atom stereocenters. The van der Waals surface area contributed by atoms with Crippen molar-refractivity contribution in [1.82, 2.24) is 10.6 Å². The molecule has 2 saturated carbocycles. The zero-order valence-electron chi connectivity index (χ0n) is 12.9. The molecule has 4 aliphatic rings. The molecule has 0 bridgehead atoms. The Bertz CT molecular complexity index is 327. The van der Waals surface area contributed by atoms with Gasteiger partial charge in [0.15, 0.2) is 0 Å². The van der Waals surface area contributed by atoms with Crippen LogP contribution in [0.2, 0.25) is 0 Å². The number of rotatable bonds is 1. The number of piperidine rings is 2. The Balaban J connectivity index is 1.43. The van der Waals surface area contributed by atoms with E-state index >= 15 is 0 Å². The average molecular weight is 276 g/mol. The van der Waals surface area contributed by atoms with Gasteiger partial charge in [0, 0.05) is 18.1 Å². The highest BCUT2D eigenvalue weighted by molar-refractivity contribution is 4.99. The van der Waals surface area contributed by atoms with Crippen molar-refractivity contribution < 1.29 is 0 Å². The minimum atomic E-state index is 0.827. The highest BCUT2D eigenvalue weighted by Crippen LogP contribution is 2.40. The lowest BCUT2D eigenvalue weighted by molar-refractivity contribution is 0.0748. The fraction of sp³-hybridized carbons (Fsp3) is 1.00. The van der Waals surface area contributed by atoms with Crippen molar-refractivity contribution in [1.29, 1.82) is 0 Å². The van der Waals surface area contributed by atoms with Crippen LogP contribution < -0.4 is 10.6 Å². The molecule has 114 valence electrons. The lowest BCUT2D eigenvalue weighted by Crippen LogP contribution is -2.59. The number of nitrogens with one attached hydrogen (secondary N) is 2. The maximum absolute atomic E-state index is 4.12. The summed E-state index contributed by atoms with van der Waals surface area (Å²) >= 11 is 0. The van der Waals surface area contributed by atoms with E-state index in [0.29, 0.717) is 0 Å². The SMILES string of the molecule is C1CCC2NC(C3CCCC4CCCNC43)CCC2C1. The van der Waals surface area contributed by atoms with Gasteiger partial charge in [-0.25, -0.2) is 0 Å². The summed E-state index contributed by atoms with van der Waals surface area (Å²) in [5, 5.41) is 8.02. The molecule has 4 rings (SSSR count). The second-order valence-electron chi connectivity index (χ2n) is 7.98. The van der Waals surface area contributed by atoms with Crippen molar-refractivity contribution in [3.8, 4) is 0 Å². The van der Waals surface area contributed by atoms with Crippen molar-refractivity contribution in [2.75, 3.05) is 6.54 Å². The van der Waals surface area contributed by atoms with E-state index in [1.165, 1.54) is 77.2 Å². The van der Waals surface area contributed by atoms with Gasteiger partial charge in [0.25, 0.3) is 0 Å². The van der Waals surface area contributed by atoms with E-state index in [1.54, 1.807) is 0 Å². The smallest absolute Gasteiger partial charge is 0.0138 e. The van der Waals surface area contributed by atoms with Gasteiger partial charge < -0.3 is 10.6 Å². The molecule has 2 heterocycles. The molecule has 2 aliphatic carbocycles. The van der Waals surface area contributed by atoms with Gasteiger partial charge in [-0.1, -0.05) is 19.3 Å². The fourth-order valence-electron chi connectivity index (χ4n) is 5.91. The topological polar surface area (TPSA) is 24.1 Å². The third-order valence-corrected chi connectivity index (χ3v) is 6.92. The van der Waals surface area contributed by atoms with E-state index < -0.39 is 0 Å². The van der Waals surface area contributed by atoms with E-state index in [-0.39, 0.29) is 0 Å². The quantitative estimate of drug-likeness (QED) is 0.766. The van der Waals surface area contributed by atoms with Crippen LogP contribution in [0.4, 0.5) is 0 Å². The summed E-state index contributed by atoms with van der Waals surface area (Å²) in [6.07, 6.45) is 16.2. The predicted octanol–water partition coefficient (Wildman–Crippen LogP) is 3.47. The molecule has 0 radical (unpaired) electrons. The third-order valence-electron chi connectivity index (χ3n) is 6.92. The second-order valence-corrected chi connectivity index (χ2v) is 7.98. The molecule has 0 aromatic rings. The number of hydrogen-bond acceptors (Lipinski definition) is 2. The summed E-state index contributed by atoms with van der Waals surface area (Å²) in [7, 11) is 0. The Morgan fingerprint density at radius 1 is 0.600 bits per heavy atom. The first kappa shape index (κ1) is 13.6. The van der Waals surface area contributed by atoms with Crippen LogP contribution in [0.3, 0.4) is 0 Å². The molecule has 4 fully saturated rings. The second kappa shape index (κ2) is 5.96. The van der Waals surface area contributed by atoms with Gasteiger partial charge in [0.05, 0.1) is 0 Å². The van der Waals surface area contributed by atoms with Crippen LogP contribution in [0.1, 0.15) is 70.6 Å². The van der Waals surface area contributed by atoms with Gasteiger partial charge in [0.1, 0.15) is 0 Å². The zero-order chi connectivity index (χ0) is 13.4. The van der Waals surface area contributed by atoms with Gasteiger partial charge in [-0.05, 0) is 75.7 Å². The Kier molecular flexibility index (Phi) is 4.05. The van der Waals surface area contributed by atoms with Gasteiger partial charge in [0.2, 0.25) is 0 Å². The lowest BCUT2D eigenvalue weighted by atomic mass is 9.67. The highest BCUT2D eigenvalue weighted by atomic mass is 15.0. The molecule has 0 amide bonds. The summed E-state index contributed by atoms with van der Waals surface area (Å²) in [5.74, 6) is 2.93. The van der Waals surface area contributed by atoms with E-state index in [1.807, 2.05) is 0 Å². The van der Waals surface area contributed by atoms with Crippen molar-refractivity contribution in [3.05, 3.63) is 0 Å². The molecular weight excluding hydrogens is 244 g/mol. The van der Waals surface area contributed by atoms with Crippen LogP contribution >= 0.6 is 0 Å². The van der Waals surface area contributed by atoms with E-state index in [2.05, 4.69) is 10.6 Å². The Morgan fingerprint density at radius 2 is 1.45 bits per heavy atom. The van der Waals surface area contributed by atoms with Gasteiger partial charge in [-0.2, -0.15) is 0 Å². The van der Waals surface area contributed by atoms with Crippen molar-refractivity contribution in [3.63, 3.8) is 0 Å². The maximum atomic E-state index is 4.12. The summed E-state index contributed by atoms with van der Waals surface area (Å²) in [6.45, 7) is 1.27. The van der Waals surface area contributed by atoms with Gasteiger partial charge >= 0.3 is 0 Å². The summed E-state index contributed by atoms with van der Waals surface area (Å²) in [5.41, 5.74) is 0. The molecule has 2 N–H and O–H groups in total. The van der Waals surface area contributed by atoms with Crippen molar-refractivity contribution >= 4 is 0 Å². The average Bonchev–Trinajstić information content (AvgIpc) is 2.54. The summed E-state index contributed by atoms with van der Waals surface area (Å²) in [6, 6.07) is 2.54. The van der Waals surface area contributed by atoms with Crippen molar-refractivity contribution in [2.45, 2.75) is 88.8 Å². The van der Waals surface area contributed by atoms with Crippen LogP contribution in [0.5, 0.6) is 0 Å². The summed E-state index contributed by atoms with van der Waals surface area (Å²) < 4.78 is 0. The Labute approximate surface area is 124 Å². The first-order valence-electron chi connectivity index (χ1n) is 9.41. The minimum absolute atomic E-state index is 0.827. The molecule has 0 spiro atoms. The molecule has 2 heteroatoms. The lowest BCUT2D eigenvalue weighted by Gasteiger charge is -2.49. The fourth-order valence-corrected chi connectivity index (χ4v) is 5.91. The van der Waals surface area contributed by atoms with Gasteiger partial charge in [-0.15, -0.1) is 0 Å². The van der Waals surface area contributed by atoms with Crippen LogP contribution in [0, 0.1) is 17.8 Å². The minimum Gasteiger partial charge on any atom is -0.313 e. The zero-order valence-corrected chi connectivity index (χ0v) is 12.9. The van der Waals surface area contributed by atoms with Crippen LogP contribution in [0.15, 0.2) is 0 Å². The monoisotopic (exact) mass is 276 g/mol. The molecule has 6 unspecified atom stereocenters. The molecule has 0 aromatic heterocycles. The largest absolute Gasteiger partial charge is 0.313 e. The normalized spacial score (nSPS) is 49.2. The maximum Gasteiger partial charge on any atom is 0.0138 e. The third kappa shape index (κ3) is 2.54. The van der Waals surface area contributed by atoms with E-state index in [4.69, 9.17) is 0 Å². The van der Waals surface area contributed by atoms with Crippen LogP contribution in [0.25, 0.3) is 0 Å². The number of hydrogen-bond donors (Lipinski definition) is 2. The van der Waals surface area contributed by atoms with E-state index in [9.17, 15) is 0 Å². The van der Waals surface area contributed by atoms with Gasteiger partial charge in [-0.3, -0.25) is 0 Å². The standard InChI is InChI=1S/C18H32N2/c1-2-9-16-13(5-1)10-11-17(20-16)15-8-3-6-14-7-4-12-19-18(14)15/h13-20H,1-12H2. The van der Waals surface area contributed by atoms with Crippen molar-refractivity contribution in [2.24, 2.45) is 17.8 Å². The first-order valence-corrected chi connectivity index (χ1v) is 9.41. The van der Waals surface area contributed by atoms with Crippen LogP contribution in [-0.2, 0) is 0 Å². The number of fused-ring (bicyclic) bond motifs is 2. The molecule has 20 heavy (non-hydrogen) atoms. The molecule has 2 aliphatic heterocycles. The highest BCUT2D eigenvalue weighted by Gasteiger charge is 2.42. The molecule has 2 nitrogen and oxygen atoms in total. The predicted molar refractivity (Wildman–Crippen MR) is 83.8 cm³/mol. The van der Waals surface area contributed by atoms with Crippen LogP contribution in [-0.4, -0.2) is 24.7 Å². The molecule has 0 aromatic carbocycles. The first-order chi connectivity index (χ1) is 9.92. The molecule has 2 saturated heterocycles. The summed E-state index contributed by atoms with van der Waals surface area (Å²) in [4.78, 5) is 0. The van der Waals surface area contributed by atoms with E-state index in [0.717, 1.165) is 35.9 Å². The Morgan fingerprint density at radius 3 is 2.45 bits per heavy atom. The molecular formula is C18H32N2.